The zero-order valence-corrected chi connectivity index (χ0v) is 10.6. The van der Waals surface area contributed by atoms with Crippen LogP contribution in [0.25, 0.3) is 0 Å². The van der Waals surface area contributed by atoms with Gasteiger partial charge in [0.25, 0.3) is 5.91 Å². The second kappa shape index (κ2) is 6.10. The highest BCUT2D eigenvalue weighted by atomic mass is 19.1. The van der Waals surface area contributed by atoms with E-state index in [4.69, 9.17) is 5.11 Å². The minimum absolute atomic E-state index is 0.0702. The van der Waals surface area contributed by atoms with Crippen molar-refractivity contribution in [1.82, 2.24) is 4.90 Å². The van der Waals surface area contributed by atoms with Gasteiger partial charge in [0.05, 0.1) is 0 Å². The monoisotopic (exact) mass is 269 g/mol. The minimum Gasteiger partial charge on any atom is -0.396 e. The number of likely N-dealkylation sites (tertiary alicyclic amines) is 1. The van der Waals surface area contributed by atoms with Gasteiger partial charge in [-0.2, -0.15) is 0 Å². The molecule has 104 valence electrons. The molecule has 0 saturated carbocycles. The molecule has 1 aromatic carbocycles. The van der Waals surface area contributed by atoms with Gasteiger partial charge in [-0.15, -0.1) is 0 Å². The van der Waals surface area contributed by atoms with Crippen LogP contribution in [0.3, 0.4) is 0 Å². The zero-order chi connectivity index (χ0) is 13.8. The van der Waals surface area contributed by atoms with Crippen molar-refractivity contribution in [2.24, 2.45) is 5.92 Å². The lowest BCUT2D eigenvalue weighted by atomic mass is 9.94. The molecule has 2 rings (SSSR count). The van der Waals surface area contributed by atoms with E-state index in [9.17, 15) is 13.6 Å². The SMILES string of the molecule is O=C(c1c(F)cccc1F)N1CCCC(CCO)C1. The highest BCUT2D eigenvalue weighted by molar-refractivity contribution is 5.94. The van der Waals surface area contributed by atoms with Crippen molar-refractivity contribution in [1.29, 1.82) is 0 Å². The maximum absolute atomic E-state index is 13.6. The van der Waals surface area contributed by atoms with Crippen molar-refractivity contribution in [3.63, 3.8) is 0 Å². The van der Waals surface area contributed by atoms with Gasteiger partial charge in [-0.25, -0.2) is 8.78 Å². The van der Waals surface area contributed by atoms with E-state index in [0.29, 0.717) is 19.5 Å². The van der Waals surface area contributed by atoms with Gasteiger partial charge < -0.3 is 10.0 Å². The van der Waals surface area contributed by atoms with E-state index in [2.05, 4.69) is 0 Å². The third-order valence-electron chi connectivity index (χ3n) is 3.52. The van der Waals surface area contributed by atoms with Gasteiger partial charge in [-0.05, 0) is 37.3 Å². The molecule has 3 nitrogen and oxygen atoms in total. The zero-order valence-electron chi connectivity index (χ0n) is 10.6. The number of nitrogens with zero attached hydrogens (tertiary/aromatic N) is 1. The topological polar surface area (TPSA) is 40.5 Å². The lowest BCUT2D eigenvalue weighted by Gasteiger charge is -2.32. The predicted octanol–water partition coefficient (Wildman–Crippen LogP) is 2.20. The second-order valence-corrected chi connectivity index (χ2v) is 4.87. The van der Waals surface area contributed by atoms with E-state index in [1.54, 1.807) is 0 Å². The van der Waals surface area contributed by atoms with Gasteiger partial charge in [-0.3, -0.25) is 4.79 Å². The number of hydrogen-bond acceptors (Lipinski definition) is 2. The van der Waals surface area contributed by atoms with Gasteiger partial charge in [-0.1, -0.05) is 6.07 Å². The number of halogens is 2. The maximum Gasteiger partial charge on any atom is 0.259 e. The molecule has 5 heteroatoms. The summed E-state index contributed by atoms with van der Waals surface area (Å²) in [6.45, 7) is 1.03. The normalized spacial score (nSPS) is 19.5. The Hall–Kier alpha value is -1.49. The Morgan fingerprint density at radius 1 is 1.37 bits per heavy atom. The predicted molar refractivity (Wildman–Crippen MR) is 66.7 cm³/mol. The number of benzene rings is 1. The molecule has 1 aromatic rings. The number of aliphatic hydroxyl groups is 1. The van der Waals surface area contributed by atoms with Crippen LogP contribution in [0.1, 0.15) is 29.6 Å². The first-order valence-electron chi connectivity index (χ1n) is 6.47. The Kier molecular flexibility index (Phi) is 4.47. The van der Waals surface area contributed by atoms with E-state index in [-0.39, 0.29) is 12.5 Å². The number of carbonyl (C=O) groups is 1. The first-order chi connectivity index (χ1) is 9.13. The van der Waals surface area contributed by atoms with E-state index < -0.39 is 23.1 Å². The van der Waals surface area contributed by atoms with Gasteiger partial charge in [0.1, 0.15) is 17.2 Å². The minimum atomic E-state index is -0.825. The molecule has 0 spiro atoms. The Labute approximate surface area is 110 Å². The van der Waals surface area contributed by atoms with E-state index in [0.717, 1.165) is 25.0 Å². The average Bonchev–Trinajstić information content (AvgIpc) is 2.39. The summed E-state index contributed by atoms with van der Waals surface area (Å²) in [6.07, 6.45) is 2.35. The number of amides is 1. The highest BCUT2D eigenvalue weighted by Crippen LogP contribution is 2.22. The molecule has 1 unspecified atom stereocenters. The van der Waals surface area contributed by atoms with Gasteiger partial charge in [0.2, 0.25) is 0 Å². The molecule has 1 aliphatic heterocycles. The lowest BCUT2D eigenvalue weighted by molar-refractivity contribution is 0.0644. The van der Waals surface area contributed by atoms with Crippen LogP contribution in [0.5, 0.6) is 0 Å². The smallest absolute Gasteiger partial charge is 0.259 e. The molecule has 19 heavy (non-hydrogen) atoms. The van der Waals surface area contributed by atoms with Crippen LogP contribution >= 0.6 is 0 Å². The molecule has 1 amide bonds. The van der Waals surface area contributed by atoms with Crippen LogP contribution in [0.2, 0.25) is 0 Å². The molecule has 1 aliphatic rings. The molecule has 0 bridgehead atoms. The van der Waals surface area contributed by atoms with Crippen molar-refractivity contribution >= 4 is 5.91 Å². The van der Waals surface area contributed by atoms with Crippen LogP contribution in [0.15, 0.2) is 18.2 Å². The first-order valence-corrected chi connectivity index (χ1v) is 6.47. The summed E-state index contributed by atoms with van der Waals surface area (Å²) in [7, 11) is 0. The fourth-order valence-corrected chi connectivity index (χ4v) is 2.53. The Bertz CT molecular complexity index is 443. The second-order valence-electron chi connectivity index (χ2n) is 4.87. The molecule has 0 radical (unpaired) electrons. The largest absolute Gasteiger partial charge is 0.396 e. The summed E-state index contributed by atoms with van der Waals surface area (Å²) in [5.41, 5.74) is -0.479. The Morgan fingerprint density at radius 3 is 2.68 bits per heavy atom. The van der Waals surface area contributed by atoms with Crippen LogP contribution in [0, 0.1) is 17.6 Å². The molecular weight excluding hydrogens is 252 g/mol. The van der Waals surface area contributed by atoms with Crippen LogP contribution in [-0.2, 0) is 0 Å². The molecule has 1 fully saturated rings. The highest BCUT2D eigenvalue weighted by Gasteiger charge is 2.27. The molecule has 1 heterocycles. The fourth-order valence-electron chi connectivity index (χ4n) is 2.53. The molecule has 1 atom stereocenters. The molecular formula is C14H17F2NO2. The van der Waals surface area contributed by atoms with Gasteiger partial charge in [0, 0.05) is 19.7 Å². The standard InChI is InChI=1S/C14H17F2NO2/c15-11-4-1-5-12(16)13(11)14(19)17-7-2-3-10(9-17)6-8-18/h1,4-5,10,18H,2-3,6-9H2. The summed E-state index contributed by atoms with van der Waals surface area (Å²) < 4.78 is 27.1. The first kappa shape index (κ1) is 13.9. The number of rotatable bonds is 3. The summed E-state index contributed by atoms with van der Waals surface area (Å²) >= 11 is 0. The maximum atomic E-state index is 13.6. The summed E-state index contributed by atoms with van der Waals surface area (Å²) in [5.74, 6) is -2.04. The van der Waals surface area contributed by atoms with Crippen molar-refractivity contribution in [2.45, 2.75) is 19.3 Å². The number of hydrogen-bond donors (Lipinski definition) is 1. The fraction of sp³-hybridized carbons (Fsp3) is 0.500. The summed E-state index contributed by atoms with van der Waals surface area (Å²) in [6, 6.07) is 3.42. The lowest BCUT2D eigenvalue weighted by Crippen LogP contribution is -2.40. The summed E-state index contributed by atoms with van der Waals surface area (Å²) in [4.78, 5) is 13.7. The average molecular weight is 269 g/mol. The van der Waals surface area contributed by atoms with Crippen LogP contribution in [0.4, 0.5) is 8.78 Å². The van der Waals surface area contributed by atoms with Gasteiger partial charge >= 0.3 is 0 Å². The van der Waals surface area contributed by atoms with Crippen molar-refractivity contribution < 1.29 is 18.7 Å². The molecule has 1 saturated heterocycles. The third kappa shape index (κ3) is 3.10. The molecule has 0 aliphatic carbocycles. The van der Waals surface area contributed by atoms with Crippen LogP contribution in [-0.4, -0.2) is 35.6 Å². The van der Waals surface area contributed by atoms with E-state index >= 15 is 0 Å². The van der Waals surface area contributed by atoms with Crippen LogP contribution < -0.4 is 0 Å². The Morgan fingerprint density at radius 2 is 2.05 bits per heavy atom. The molecule has 0 aromatic heterocycles. The number of carbonyl (C=O) groups excluding carboxylic acids is 1. The van der Waals surface area contributed by atoms with E-state index in [1.165, 1.54) is 11.0 Å². The number of aliphatic hydroxyl groups excluding tert-OH is 1. The van der Waals surface area contributed by atoms with Crippen molar-refractivity contribution in [3.05, 3.63) is 35.4 Å². The summed E-state index contributed by atoms with van der Waals surface area (Å²) in [5, 5.41) is 8.93. The van der Waals surface area contributed by atoms with Crippen molar-refractivity contribution in [2.75, 3.05) is 19.7 Å². The number of piperidine rings is 1. The van der Waals surface area contributed by atoms with E-state index in [1.807, 2.05) is 0 Å². The van der Waals surface area contributed by atoms with Gasteiger partial charge in [0.15, 0.2) is 0 Å². The van der Waals surface area contributed by atoms with Crippen molar-refractivity contribution in [3.8, 4) is 0 Å². The third-order valence-corrected chi connectivity index (χ3v) is 3.52. The molecule has 1 N–H and O–H groups in total. The quantitative estimate of drug-likeness (QED) is 0.914. The Balaban J connectivity index is 2.15.